The first-order valence-electron chi connectivity index (χ1n) is 6.45. The molecule has 1 saturated heterocycles. The number of nitrogens with one attached hydrogen (secondary N) is 2. The maximum Gasteiger partial charge on any atom is 0.251 e. The van der Waals surface area contributed by atoms with Crippen LogP contribution in [-0.4, -0.2) is 29.6 Å². The summed E-state index contributed by atoms with van der Waals surface area (Å²) in [6.45, 7) is 3.07. The Morgan fingerprint density at radius 1 is 1.56 bits per heavy atom. The summed E-state index contributed by atoms with van der Waals surface area (Å²) >= 11 is 0. The molecule has 2 rings (SSSR count). The number of hydrogen-bond donors (Lipinski definition) is 3. The molecule has 1 aromatic rings. The number of benzene rings is 1. The van der Waals surface area contributed by atoms with Crippen LogP contribution >= 0.6 is 0 Å². The van der Waals surface area contributed by atoms with Crippen LogP contribution in [0.25, 0.3) is 0 Å². The molecule has 0 bridgehead atoms. The van der Waals surface area contributed by atoms with E-state index in [2.05, 4.69) is 17.6 Å². The molecule has 1 aliphatic rings. The zero-order valence-electron chi connectivity index (χ0n) is 10.6. The van der Waals surface area contributed by atoms with Gasteiger partial charge in [0, 0.05) is 17.6 Å². The number of piperidine rings is 1. The van der Waals surface area contributed by atoms with E-state index >= 15 is 0 Å². The Hall–Kier alpha value is -1.39. The molecule has 4 nitrogen and oxygen atoms in total. The Balaban J connectivity index is 2.02. The minimum atomic E-state index is -0.0640. The normalized spacial score (nSPS) is 23.7. The van der Waals surface area contributed by atoms with Crippen molar-refractivity contribution in [3.63, 3.8) is 0 Å². The van der Waals surface area contributed by atoms with Gasteiger partial charge >= 0.3 is 0 Å². The first kappa shape index (κ1) is 13.1. The molecule has 2 atom stereocenters. The number of rotatable bonds is 3. The molecule has 18 heavy (non-hydrogen) atoms. The summed E-state index contributed by atoms with van der Waals surface area (Å²) in [5.41, 5.74) is 1.37. The highest BCUT2D eigenvalue weighted by molar-refractivity contribution is 5.94. The number of aliphatic hydroxyl groups is 1. The summed E-state index contributed by atoms with van der Waals surface area (Å²) < 4.78 is 0. The average molecular weight is 248 g/mol. The van der Waals surface area contributed by atoms with Crippen molar-refractivity contribution < 1.29 is 9.90 Å². The van der Waals surface area contributed by atoms with Crippen LogP contribution in [0.15, 0.2) is 24.3 Å². The zero-order valence-corrected chi connectivity index (χ0v) is 10.6. The van der Waals surface area contributed by atoms with Gasteiger partial charge in [-0.15, -0.1) is 0 Å². The SMILES string of the molecule is C[C@H]1NCCC[C@@H]1NC(=O)c1cccc(CO)c1. The fraction of sp³-hybridized carbons (Fsp3) is 0.500. The standard InChI is InChI=1S/C14H20N2O2/c1-10-13(6-3-7-15-10)16-14(18)12-5-2-4-11(8-12)9-17/h2,4-5,8,10,13,15,17H,3,6-7,9H2,1H3,(H,16,18)/t10-,13+/m1/s1. The Morgan fingerprint density at radius 2 is 2.39 bits per heavy atom. The summed E-state index contributed by atoms with van der Waals surface area (Å²) in [6, 6.07) is 7.60. The van der Waals surface area contributed by atoms with E-state index in [1.807, 2.05) is 6.07 Å². The molecule has 0 aromatic heterocycles. The van der Waals surface area contributed by atoms with Gasteiger partial charge in [-0.25, -0.2) is 0 Å². The number of aliphatic hydroxyl groups excluding tert-OH is 1. The predicted molar refractivity (Wildman–Crippen MR) is 70.3 cm³/mol. The molecule has 1 heterocycles. The molecule has 0 spiro atoms. The van der Waals surface area contributed by atoms with Crippen LogP contribution in [-0.2, 0) is 6.61 Å². The summed E-state index contributed by atoms with van der Waals surface area (Å²) in [4.78, 5) is 12.1. The van der Waals surface area contributed by atoms with Crippen molar-refractivity contribution in [2.75, 3.05) is 6.54 Å². The van der Waals surface area contributed by atoms with Crippen molar-refractivity contribution in [1.82, 2.24) is 10.6 Å². The van der Waals surface area contributed by atoms with E-state index in [1.54, 1.807) is 18.2 Å². The Morgan fingerprint density at radius 3 is 3.11 bits per heavy atom. The molecule has 0 saturated carbocycles. The molecule has 98 valence electrons. The third kappa shape index (κ3) is 3.09. The van der Waals surface area contributed by atoms with Gasteiger partial charge in [-0.05, 0) is 44.0 Å². The van der Waals surface area contributed by atoms with Gasteiger partial charge in [-0.1, -0.05) is 12.1 Å². The van der Waals surface area contributed by atoms with Gasteiger partial charge in [0.2, 0.25) is 0 Å². The molecule has 1 amide bonds. The molecular formula is C14H20N2O2. The lowest BCUT2D eigenvalue weighted by molar-refractivity contribution is 0.0919. The van der Waals surface area contributed by atoms with Gasteiger partial charge in [0.1, 0.15) is 0 Å². The van der Waals surface area contributed by atoms with Gasteiger partial charge in [0.05, 0.1) is 6.61 Å². The van der Waals surface area contributed by atoms with Crippen molar-refractivity contribution >= 4 is 5.91 Å². The van der Waals surface area contributed by atoms with Crippen molar-refractivity contribution in [1.29, 1.82) is 0 Å². The third-order valence-corrected chi connectivity index (χ3v) is 3.45. The highest BCUT2D eigenvalue weighted by Gasteiger charge is 2.22. The van der Waals surface area contributed by atoms with E-state index in [1.165, 1.54) is 0 Å². The van der Waals surface area contributed by atoms with Gasteiger partial charge < -0.3 is 15.7 Å². The highest BCUT2D eigenvalue weighted by atomic mass is 16.3. The van der Waals surface area contributed by atoms with Crippen LogP contribution in [0.2, 0.25) is 0 Å². The lowest BCUT2D eigenvalue weighted by Gasteiger charge is -2.30. The van der Waals surface area contributed by atoms with Gasteiger partial charge in [-0.2, -0.15) is 0 Å². The van der Waals surface area contributed by atoms with Gasteiger partial charge in [0.15, 0.2) is 0 Å². The Bertz CT molecular complexity index is 420. The molecule has 1 aliphatic heterocycles. The first-order valence-corrected chi connectivity index (χ1v) is 6.45. The zero-order chi connectivity index (χ0) is 13.0. The van der Waals surface area contributed by atoms with E-state index in [0.29, 0.717) is 11.6 Å². The third-order valence-electron chi connectivity index (χ3n) is 3.45. The maximum absolute atomic E-state index is 12.1. The summed E-state index contributed by atoms with van der Waals surface area (Å²) in [7, 11) is 0. The second-order valence-corrected chi connectivity index (χ2v) is 4.82. The molecule has 0 radical (unpaired) electrons. The summed E-state index contributed by atoms with van der Waals surface area (Å²) in [5, 5.41) is 15.5. The fourth-order valence-electron chi connectivity index (χ4n) is 2.30. The van der Waals surface area contributed by atoms with Crippen molar-refractivity contribution in [3.05, 3.63) is 35.4 Å². The minimum Gasteiger partial charge on any atom is -0.392 e. The second kappa shape index (κ2) is 5.98. The smallest absolute Gasteiger partial charge is 0.251 e. The van der Waals surface area contributed by atoms with E-state index in [0.717, 1.165) is 24.9 Å². The van der Waals surface area contributed by atoms with Crippen LogP contribution in [0.1, 0.15) is 35.7 Å². The first-order chi connectivity index (χ1) is 8.70. The quantitative estimate of drug-likeness (QED) is 0.749. The number of carbonyl (C=O) groups is 1. The molecule has 0 aliphatic carbocycles. The highest BCUT2D eigenvalue weighted by Crippen LogP contribution is 2.10. The summed E-state index contributed by atoms with van der Waals surface area (Å²) in [5.74, 6) is -0.0640. The molecule has 3 N–H and O–H groups in total. The van der Waals surface area contributed by atoms with E-state index in [4.69, 9.17) is 5.11 Å². The van der Waals surface area contributed by atoms with Crippen LogP contribution in [0.4, 0.5) is 0 Å². The minimum absolute atomic E-state index is 0.0392. The van der Waals surface area contributed by atoms with Gasteiger partial charge in [-0.3, -0.25) is 4.79 Å². The number of carbonyl (C=O) groups excluding carboxylic acids is 1. The maximum atomic E-state index is 12.1. The number of amides is 1. The molecule has 0 unspecified atom stereocenters. The molecule has 4 heteroatoms. The van der Waals surface area contributed by atoms with Crippen molar-refractivity contribution in [2.24, 2.45) is 0 Å². The molecule has 1 aromatic carbocycles. The topological polar surface area (TPSA) is 61.4 Å². The van der Waals surface area contributed by atoms with E-state index in [9.17, 15) is 4.79 Å². The van der Waals surface area contributed by atoms with Gasteiger partial charge in [0.25, 0.3) is 5.91 Å². The molecular weight excluding hydrogens is 228 g/mol. The van der Waals surface area contributed by atoms with Crippen molar-refractivity contribution in [2.45, 2.75) is 38.5 Å². The largest absolute Gasteiger partial charge is 0.392 e. The predicted octanol–water partition coefficient (Wildman–Crippen LogP) is 1.05. The summed E-state index contributed by atoms with van der Waals surface area (Å²) in [6.07, 6.45) is 2.10. The monoisotopic (exact) mass is 248 g/mol. The lowest BCUT2D eigenvalue weighted by Crippen LogP contribution is -2.51. The lowest BCUT2D eigenvalue weighted by atomic mass is 9.99. The fourth-order valence-corrected chi connectivity index (χ4v) is 2.30. The van der Waals surface area contributed by atoms with Crippen LogP contribution in [0.5, 0.6) is 0 Å². The molecule has 1 fully saturated rings. The Kier molecular flexibility index (Phi) is 4.33. The van der Waals surface area contributed by atoms with E-state index in [-0.39, 0.29) is 18.6 Å². The average Bonchev–Trinajstić information content (AvgIpc) is 2.41. The van der Waals surface area contributed by atoms with Crippen LogP contribution < -0.4 is 10.6 Å². The van der Waals surface area contributed by atoms with Crippen LogP contribution in [0, 0.1) is 0 Å². The van der Waals surface area contributed by atoms with E-state index < -0.39 is 0 Å². The Labute approximate surface area is 107 Å². The second-order valence-electron chi connectivity index (χ2n) is 4.82. The van der Waals surface area contributed by atoms with Crippen LogP contribution in [0.3, 0.4) is 0 Å². The number of hydrogen-bond acceptors (Lipinski definition) is 3. The van der Waals surface area contributed by atoms with Crippen molar-refractivity contribution in [3.8, 4) is 0 Å².